The van der Waals surface area contributed by atoms with Gasteiger partial charge in [0, 0.05) is 102 Å². The quantitative estimate of drug-likeness (QED) is 0.0695. The minimum atomic E-state index is 0. The van der Waals surface area contributed by atoms with Crippen molar-refractivity contribution >= 4 is 145 Å². The van der Waals surface area contributed by atoms with Crippen LogP contribution in [-0.4, -0.2) is 19.4 Å². The average Bonchev–Trinajstić information content (AvgIpc) is 4.07. The van der Waals surface area contributed by atoms with Crippen LogP contribution in [-0.2, 0) is 19.5 Å². The van der Waals surface area contributed by atoms with Gasteiger partial charge < -0.3 is 15.5 Å². The summed E-state index contributed by atoms with van der Waals surface area (Å²) in [6.45, 7) is 16.0. The molecule has 9 aromatic rings. The fourth-order valence-electron chi connectivity index (χ4n) is 10.8. The van der Waals surface area contributed by atoms with Gasteiger partial charge in [0.1, 0.15) is 0 Å². The molecule has 3 atom stereocenters. The molecular formula is C61H71Br5N3Na. The van der Waals surface area contributed by atoms with E-state index in [1.54, 1.807) is 0 Å². The molecule has 0 saturated heterocycles. The SMILES string of the molecule is Brc1ccc2c(c1)-c1cc3[nH]c4ccc(Br)cc4c3cc1C2.CCCCC(CC)CBr.CCCCC(CC)Cn1c2ccc(Br)cc2c2cc3c(cc21)c1cc(Br)ccc1n3CC(CC)CCCC.[H-].[Na+]. The molecule has 0 fully saturated rings. The second-order valence-corrected chi connectivity index (χ2v) is 24.0. The number of hydrogen-bond acceptors (Lipinski definition) is 0. The molecule has 10 rings (SSSR count). The number of aromatic amines is 1. The molecule has 0 bridgehead atoms. The third-order valence-corrected chi connectivity index (χ3v) is 17.9. The Kier molecular flexibility index (Phi) is 20.8. The molecule has 0 amide bonds. The Hall–Kier alpha value is -1.88. The summed E-state index contributed by atoms with van der Waals surface area (Å²) in [6, 6.07) is 36.3. The number of aromatic nitrogens is 3. The minimum absolute atomic E-state index is 0. The number of nitrogens with zero attached hydrogens (tertiary/aromatic N) is 2. The number of unbranched alkanes of at least 4 members (excludes halogenated alkanes) is 3. The van der Waals surface area contributed by atoms with Crippen molar-refractivity contribution in [2.75, 3.05) is 5.33 Å². The summed E-state index contributed by atoms with van der Waals surface area (Å²) in [7, 11) is 0. The van der Waals surface area contributed by atoms with Crippen LogP contribution in [0, 0.1) is 17.8 Å². The standard InChI is InChI=1S/C34H42Br2N2.C19H11Br2N.C8H17Br.Na.H/c1-5-9-11-23(7-3)21-37-31-15-13-25(35)17-27(31)29-20-34-30(19-33(29)37)28-18-26(36)14-16-32(28)38(34)22-24(8-4)12-10-6-2;20-12-2-1-10-5-11-6-16-17-8-13(21)3-4-18(17)22-19(16)9-15(11)14(10)7-12;1-3-5-6-8(4-2)7-9;;/h13-20,23-24H,5-12,21-22H2,1-4H3;1-4,6-9,22H,5H2;8H,3-7H2,1-2H3;;/q;;;+1;-1. The number of H-pyrrole nitrogens is 1. The zero-order valence-electron chi connectivity index (χ0n) is 43.6. The van der Waals surface area contributed by atoms with E-state index in [-0.39, 0.29) is 31.0 Å². The van der Waals surface area contributed by atoms with Crippen LogP contribution in [0.15, 0.2) is 115 Å². The smallest absolute Gasteiger partial charge is 1.00 e. The third kappa shape index (κ3) is 12.4. The van der Waals surface area contributed by atoms with Gasteiger partial charge >= 0.3 is 29.6 Å². The third-order valence-electron chi connectivity index (χ3n) is 15.0. The van der Waals surface area contributed by atoms with Crippen LogP contribution in [0.1, 0.15) is 131 Å². The second-order valence-electron chi connectivity index (χ2n) is 19.7. The predicted octanol–water partition coefficient (Wildman–Crippen LogP) is 19.0. The largest absolute Gasteiger partial charge is 1.00 e. The molecule has 0 saturated carbocycles. The van der Waals surface area contributed by atoms with Crippen molar-refractivity contribution < 1.29 is 31.0 Å². The Morgan fingerprint density at radius 3 is 1.39 bits per heavy atom. The molecule has 1 aliphatic rings. The summed E-state index contributed by atoms with van der Waals surface area (Å²) in [5.74, 6) is 2.32. The van der Waals surface area contributed by atoms with Gasteiger partial charge in [-0.05, 0) is 157 Å². The van der Waals surface area contributed by atoms with Gasteiger partial charge in [0.25, 0.3) is 0 Å². The van der Waals surface area contributed by atoms with Gasteiger partial charge in [-0.2, -0.15) is 0 Å². The first kappa shape index (κ1) is 55.9. The molecule has 70 heavy (non-hydrogen) atoms. The van der Waals surface area contributed by atoms with Crippen molar-refractivity contribution in [1.82, 2.24) is 14.1 Å². The predicted molar refractivity (Wildman–Crippen MR) is 322 cm³/mol. The zero-order chi connectivity index (χ0) is 48.8. The molecule has 0 aliphatic heterocycles. The molecule has 1 aliphatic carbocycles. The molecule has 3 aromatic heterocycles. The van der Waals surface area contributed by atoms with E-state index in [9.17, 15) is 0 Å². The summed E-state index contributed by atoms with van der Waals surface area (Å²) in [6.07, 6.45) is 16.7. The van der Waals surface area contributed by atoms with E-state index < -0.39 is 0 Å². The van der Waals surface area contributed by atoms with E-state index >= 15 is 0 Å². The minimum Gasteiger partial charge on any atom is -1.00 e. The number of benzene rings is 6. The van der Waals surface area contributed by atoms with Gasteiger partial charge in [-0.25, -0.2) is 0 Å². The van der Waals surface area contributed by atoms with Gasteiger partial charge in [-0.15, -0.1) is 0 Å². The van der Waals surface area contributed by atoms with Gasteiger partial charge in [0.2, 0.25) is 0 Å². The molecule has 1 N–H and O–H groups in total. The Morgan fingerprint density at radius 1 is 0.457 bits per heavy atom. The van der Waals surface area contributed by atoms with Crippen LogP contribution >= 0.6 is 79.6 Å². The Labute approximate surface area is 483 Å². The van der Waals surface area contributed by atoms with E-state index in [1.807, 2.05) is 0 Å². The van der Waals surface area contributed by atoms with E-state index in [0.717, 1.165) is 43.3 Å². The molecule has 0 radical (unpaired) electrons. The molecule has 366 valence electrons. The van der Waals surface area contributed by atoms with Gasteiger partial charge in [0.05, 0.1) is 0 Å². The van der Waals surface area contributed by atoms with Crippen molar-refractivity contribution in [2.45, 2.75) is 138 Å². The van der Waals surface area contributed by atoms with Crippen molar-refractivity contribution in [2.24, 2.45) is 17.8 Å². The first-order valence-corrected chi connectivity index (χ1v) is 30.2. The van der Waals surface area contributed by atoms with Gasteiger partial charge in [0.15, 0.2) is 0 Å². The molecular weight excluding hydrogens is 1200 g/mol. The van der Waals surface area contributed by atoms with Crippen molar-refractivity contribution in [3.8, 4) is 11.1 Å². The van der Waals surface area contributed by atoms with Crippen LogP contribution in [0.4, 0.5) is 0 Å². The van der Waals surface area contributed by atoms with Crippen LogP contribution in [0.3, 0.4) is 0 Å². The van der Waals surface area contributed by atoms with Crippen molar-refractivity contribution in [1.29, 1.82) is 0 Å². The van der Waals surface area contributed by atoms with Gasteiger partial charge in [-0.1, -0.05) is 185 Å². The van der Waals surface area contributed by atoms with Crippen LogP contribution in [0.25, 0.3) is 76.5 Å². The first-order valence-electron chi connectivity index (χ1n) is 25.9. The molecule has 0 spiro atoms. The molecule has 3 heterocycles. The van der Waals surface area contributed by atoms with Crippen LogP contribution in [0.5, 0.6) is 0 Å². The van der Waals surface area contributed by atoms with Crippen molar-refractivity contribution in [3.05, 3.63) is 126 Å². The molecule has 3 nitrogen and oxygen atoms in total. The van der Waals surface area contributed by atoms with Crippen molar-refractivity contribution in [3.63, 3.8) is 0 Å². The Morgan fingerprint density at radius 2 is 0.886 bits per heavy atom. The Bertz CT molecular complexity index is 3080. The van der Waals surface area contributed by atoms with Gasteiger partial charge in [-0.3, -0.25) is 0 Å². The normalized spacial score (nSPS) is 13.3. The summed E-state index contributed by atoms with van der Waals surface area (Å²) in [5.41, 5.74) is 13.4. The maximum Gasteiger partial charge on any atom is 1.00 e. The molecule has 6 aromatic carbocycles. The number of hydrogen-bond donors (Lipinski definition) is 1. The maximum absolute atomic E-state index is 3.77. The summed E-state index contributed by atoms with van der Waals surface area (Å²) < 4.78 is 9.80. The maximum atomic E-state index is 3.77. The average molecular weight is 1270 g/mol. The van der Waals surface area contributed by atoms with Crippen LogP contribution in [0.2, 0.25) is 0 Å². The number of alkyl halides is 1. The number of rotatable bonds is 17. The molecule has 3 unspecified atom stereocenters. The van der Waals surface area contributed by atoms with E-state index in [2.05, 4.69) is 232 Å². The summed E-state index contributed by atoms with van der Waals surface area (Å²) in [5, 5.41) is 9.25. The topological polar surface area (TPSA) is 25.6 Å². The Balaban J connectivity index is 0.000000210. The summed E-state index contributed by atoms with van der Waals surface area (Å²) >= 11 is 18.2. The number of fused-ring (bicyclic) bond motifs is 12. The van der Waals surface area contributed by atoms with E-state index in [4.69, 9.17) is 0 Å². The zero-order valence-corrected chi connectivity index (χ0v) is 52.5. The fraction of sp³-hybridized carbons (Fsp3) is 0.410. The number of halogens is 5. The second kappa shape index (κ2) is 26.1. The molecule has 9 heteroatoms. The summed E-state index contributed by atoms with van der Waals surface area (Å²) in [4.78, 5) is 3.55. The first-order chi connectivity index (χ1) is 33.5. The van der Waals surface area contributed by atoms with E-state index in [0.29, 0.717) is 11.8 Å². The monoisotopic (exact) mass is 1260 g/mol. The number of nitrogens with one attached hydrogen (secondary N) is 1. The van der Waals surface area contributed by atoms with E-state index in [1.165, 1.54) is 170 Å². The fourth-order valence-corrected chi connectivity index (χ4v) is 13.0. The van der Waals surface area contributed by atoms with Crippen LogP contribution < -0.4 is 29.6 Å².